The van der Waals surface area contributed by atoms with Gasteiger partial charge in [0.1, 0.15) is 24.7 Å². The number of amides is 2. The topological polar surface area (TPSA) is 72.9 Å². The Balaban J connectivity index is 1.67. The maximum absolute atomic E-state index is 13.0. The number of carbonyl (C=O) groups excluding carboxylic acids is 3. The largest absolute Gasteiger partial charge is 0.488 e. The Bertz CT molecular complexity index is 1040. The Morgan fingerprint density at radius 2 is 1.90 bits per heavy atom. The molecule has 6 nitrogen and oxygen atoms in total. The number of imide groups is 1. The zero-order valence-corrected chi connectivity index (χ0v) is 19.2. The summed E-state index contributed by atoms with van der Waals surface area (Å²) in [5, 5.41) is -0.518. The smallest absolute Gasteiger partial charge is 0.326 e. The van der Waals surface area contributed by atoms with E-state index in [1.165, 1.54) is 12.1 Å². The van der Waals surface area contributed by atoms with Crippen LogP contribution in [0.5, 0.6) is 5.75 Å². The van der Waals surface area contributed by atoms with Gasteiger partial charge in [0.2, 0.25) is 0 Å². The van der Waals surface area contributed by atoms with Gasteiger partial charge in [-0.3, -0.25) is 19.3 Å². The van der Waals surface area contributed by atoms with Gasteiger partial charge in [-0.2, -0.15) is 0 Å². The van der Waals surface area contributed by atoms with Gasteiger partial charge in [-0.05, 0) is 83.0 Å². The number of rotatable bonds is 7. The van der Waals surface area contributed by atoms with E-state index in [0.717, 1.165) is 22.2 Å². The molecule has 1 aliphatic rings. The molecule has 0 atom stereocenters. The standard InChI is InChI=1S/C22H19BrFNO5S/c1-13(2)30-20(26)11-25-21(27)19(31-22(25)28)10-15-5-8-18(17(23)9-15)29-12-14-3-6-16(24)7-4-14/h3-10,13H,11-12H2,1-2H3/b19-10-. The Kier molecular flexibility index (Phi) is 7.50. The van der Waals surface area contributed by atoms with Gasteiger partial charge >= 0.3 is 5.97 Å². The second-order valence-electron chi connectivity index (χ2n) is 6.91. The summed E-state index contributed by atoms with van der Waals surface area (Å²) in [5.41, 5.74) is 1.50. The van der Waals surface area contributed by atoms with Crippen molar-refractivity contribution in [3.05, 3.63) is 68.8 Å². The normalized spacial score (nSPS) is 15.1. The first-order valence-electron chi connectivity index (χ1n) is 9.34. The van der Waals surface area contributed by atoms with Gasteiger partial charge < -0.3 is 9.47 Å². The van der Waals surface area contributed by atoms with Crippen molar-refractivity contribution in [3.63, 3.8) is 0 Å². The summed E-state index contributed by atoms with van der Waals surface area (Å²) in [5.74, 6) is -0.908. The predicted octanol–water partition coefficient (Wildman–Crippen LogP) is 5.16. The van der Waals surface area contributed by atoms with Crippen LogP contribution in [0.15, 0.2) is 51.8 Å². The lowest BCUT2D eigenvalue weighted by molar-refractivity contribution is -0.149. The van der Waals surface area contributed by atoms with Crippen LogP contribution in [0.2, 0.25) is 0 Å². The van der Waals surface area contributed by atoms with Gasteiger partial charge in [0.25, 0.3) is 11.1 Å². The first kappa shape index (κ1) is 23.0. The fourth-order valence-corrected chi connectivity index (χ4v) is 4.03. The highest BCUT2D eigenvalue weighted by atomic mass is 79.9. The van der Waals surface area contributed by atoms with Crippen molar-refractivity contribution < 1.29 is 28.2 Å². The first-order chi connectivity index (χ1) is 14.7. The fraction of sp³-hybridized carbons (Fsp3) is 0.227. The minimum Gasteiger partial charge on any atom is -0.488 e. The highest BCUT2D eigenvalue weighted by Gasteiger charge is 2.36. The molecule has 2 aromatic rings. The molecule has 0 unspecified atom stereocenters. The summed E-state index contributed by atoms with van der Waals surface area (Å²) < 4.78 is 24.4. The van der Waals surface area contributed by atoms with E-state index in [1.807, 2.05) is 0 Å². The summed E-state index contributed by atoms with van der Waals surface area (Å²) in [7, 11) is 0. The molecule has 1 fully saturated rings. The second-order valence-corrected chi connectivity index (χ2v) is 8.76. The van der Waals surface area contributed by atoms with Crippen LogP contribution < -0.4 is 4.74 Å². The third-order valence-corrected chi connectivity index (χ3v) is 5.62. The molecule has 0 N–H and O–H groups in total. The van der Waals surface area contributed by atoms with E-state index in [-0.39, 0.29) is 23.4 Å². The maximum atomic E-state index is 13.0. The van der Waals surface area contributed by atoms with Crippen molar-refractivity contribution in [2.45, 2.75) is 26.6 Å². The average molecular weight is 508 g/mol. The van der Waals surface area contributed by atoms with Gasteiger partial charge in [0, 0.05) is 0 Å². The van der Waals surface area contributed by atoms with Gasteiger partial charge in [0.05, 0.1) is 15.5 Å². The molecule has 2 aromatic carbocycles. The highest BCUT2D eigenvalue weighted by Crippen LogP contribution is 2.34. The quantitative estimate of drug-likeness (QED) is 0.380. The lowest BCUT2D eigenvalue weighted by Gasteiger charge is -2.13. The Morgan fingerprint density at radius 3 is 2.55 bits per heavy atom. The Morgan fingerprint density at radius 1 is 1.19 bits per heavy atom. The third kappa shape index (κ3) is 6.18. The number of hydrogen-bond acceptors (Lipinski definition) is 6. The van der Waals surface area contributed by atoms with E-state index in [0.29, 0.717) is 15.8 Å². The van der Waals surface area contributed by atoms with E-state index in [9.17, 15) is 18.8 Å². The minimum atomic E-state index is -0.635. The van der Waals surface area contributed by atoms with Crippen molar-refractivity contribution in [2.24, 2.45) is 0 Å². The van der Waals surface area contributed by atoms with Crippen molar-refractivity contribution >= 4 is 50.9 Å². The number of nitrogens with zero attached hydrogens (tertiary/aromatic N) is 1. The average Bonchev–Trinajstić information content (AvgIpc) is 2.95. The lowest BCUT2D eigenvalue weighted by Crippen LogP contribution is -2.35. The van der Waals surface area contributed by atoms with Crippen LogP contribution in [0.1, 0.15) is 25.0 Å². The molecule has 3 rings (SSSR count). The van der Waals surface area contributed by atoms with Gasteiger partial charge in [-0.1, -0.05) is 18.2 Å². The molecular weight excluding hydrogens is 489 g/mol. The number of halogens is 2. The van der Waals surface area contributed by atoms with Crippen LogP contribution in [-0.4, -0.2) is 34.7 Å². The molecule has 31 heavy (non-hydrogen) atoms. The van der Waals surface area contributed by atoms with E-state index >= 15 is 0 Å². The molecule has 1 heterocycles. The van der Waals surface area contributed by atoms with Crippen LogP contribution in [-0.2, 0) is 20.9 Å². The van der Waals surface area contributed by atoms with Crippen molar-refractivity contribution in [1.29, 1.82) is 0 Å². The summed E-state index contributed by atoms with van der Waals surface area (Å²) in [6, 6.07) is 11.2. The third-order valence-electron chi connectivity index (χ3n) is 4.09. The molecule has 2 amide bonds. The Labute approximate surface area is 191 Å². The van der Waals surface area contributed by atoms with Crippen molar-refractivity contribution in [1.82, 2.24) is 4.90 Å². The van der Waals surface area contributed by atoms with Gasteiger partial charge in [-0.15, -0.1) is 0 Å². The lowest BCUT2D eigenvalue weighted by atomic mass is 10.2. The number of ether oxygens (including phenoxy) is 2. The fourth-order valence-electron chi connectivity index (χ4n) is 2.68. The monoisotopic (exact) mass is 507 g/mol. The molecule has 1 saturated heterocycles. The minimum absolute atomic E-state index is 0.217. The Hall–Kier alpha value is -2.65. The molecule has 0 aliphatic carbocycles. The molecule has 0 bridgehead atoms. The maximum Gasteiger partial charge on any atom is 0.326 e. The molecule has 9 heteroatoms. The molecule has 0 spiro atoms. The van der Waals surface area contributed by atoms with E-state index in [2.05, 4.69) is 15.9 Å². The van der Waals surface area contributed by atoms with Gasteiger partial charge in [-0.25, -0.2) is 4.39 Å². The second kappa shape index (κ2) is 10.1. The van der Waals surface area contributed by atoms with E-state index in [4.69, 9.17) is 9.47 Å². The zero-order chi connectivity index (χ0) is 22.5. The molecule has 0 aromatic heterocycles. The summed E-state index contributed by atoms with van der Waals surface area (Å²) in [4.78, 5) is 37.5. The van der Waals surface area contributed by atoms with Crippen molar-refractivity contribution in [2.75, 3.05) is 6.54 Å². The van der Waals surface area contributed by atoms with Crippen LogP contribution in [0.4, 0.5) is 9.18 Å². The van der Waals surface area contributed by atoms with E-state index in [1.54, 1.807) is 50.3 Å². The van der Waals surface area contributed by atoms with Crippen LogP contribution in [0.3, 0.4) is 0 Å². The van der Waals surface area contributed by atoms with Crippen molar-refractivity contribution in [3.8, 4) is 5.75 Å². The number of benzene rings is 2. The molecule has 162 valence electrons. The molecular formula is C22H19BrFNO5S. The number of hydrogen-bond donors (Lipinski definition) is 0. The summed E-state index contributed by atoms with van der Waals surface area (Å²) in [6.07, 6.45) is 1.25. The van der Waals surface area contributed by atoms with Crippen LogP contribution >= 0.6 is 27.7 Å². The molecule has 1 aliphatic heterocycles. The molecule has 0 radical (unpaired) electrons. The number of thioether (sulfide) groups is 1. The number of carbonyl (C=O) groups is 3. The van der Waals surface area contributed by atoms with Crippen LogP contribution in [0, 0.1) is 5.82 Å². The van der Waals surface area contributed by atoms with E-state index < -0.39 is 23.7 Å². The van der Waals surface area contributed by atoms with Crippen LogP contribution in [0.25, 0.3) is 6.08 Å². The van der Waals surface area contributed by atoms with Gasteiger partial charge in [0.15, 0.2) is 0 Å². The highest BCUT2D eigenvalue weighted by molar-refractivity contribution is 9.10. The number of esters is 1. The SMILES string of the molecule is CC(C)OC(=O)CN1C(=O)S/C(=C\c2ccc(OCc3ccc(F)cc3)c(Br)c2)C1=O. The summed E-state index contributed by atoms with van der Waals surface area (Å²) in [6.45, 7) is 3.23. The first-order valence-corrected chi connectivity index (χ1v) is 11.0. The summed E-state index contributed by atoms with van der Waals surface area (Å²) >= 11 is 4.20. The predicted molar refractivity (Wildman–Crippen MR) is 119 cm³/mol. The molecule has 0 saturated carbocycles. The zero-order valence-electron chi connectivity index (χ0n) is 16.8.